The van der Waals surface area contributed by atoms with Crippen LogP contribution in [-0.2, 0) is 16.1 Å². The number of rotatable bonds is 5. The molecule has 0 aliphatic carbocycles. The maximum atomic E-state index is 14.2. The number of halogens is 1. The molecule has 0 radical (unpaired) electrons. The Kier molecular flexibility index (Phi) is 5.52. The summed E-state index contributed by atoms with van der Waals surface area (Å²) >= 11 is 0. The van der Waals surface area contributed by atoms with Gasteiger partial charge in [-0.05, 0) is 43.3 Å². The molecule has 2 aliphatic heterocycles. The molecule has 2 aliphatic rings. The van der Waals surface area contributed by atoms with E-state index in [0.29, 0.717) is 22.7 Å². The first kappa shape index (κ1) is 22.3. The van der Waals surface area contributed by atoms with Gasteiger partial charge in [-0.15, -0.1) is 0 Å². The van der Waals surface area contributed by atoms with Gasteiger partial charge >= 0.3 is 0 Å². The van der Waals surface area contributed by atoms with E-state index in [0.717, 1.165) is 4.90 Å². The Morgan fingerprint density at radius 2 is 1.66 bits per heavy atom. The molecule has 4 amide bonds. The van der Waals surface area contributed by atoms with Gasteiger partial charge in [-0.25, -0.2) is 4.39 Å². The molecule has 0 saturated carbocycles. The molecule has 0 saturated heterocycles. The second-order valence-electron chi connectivity index (χ2n) is 8.23. The highest BCUT2D eigenvalue weighted by molar-refractivity contribution is 6.23. The summed E-state index contributed by atoms with van der Waals surface area (Å²) in [6.45, 7) is 1.27. The third kappa shape index (κ3) is 3.90. The molecule has 0 spiro atoms. The number of fused-ring (bicyclic) bond motifs is 2. The Morgan fingerprint density at radius 3 is 2.34 bits per heavy atom. The van der Waals surface area contributed by atoms with Crippen LogP contribution in [0.3, 0.4) is 0 Å². The van der Waals surface area contributed by atoms with Gasteiger partial charge in [-0.2, -0.15) is 0 Å². The van der Waals surface area contributed by atoms with Gasteiger partial charge in [0.2, 0.25) is 5.91 Å². The smallest absolute Gasteiger partial charge is 0.265 e. The summed E-state index contributed by atoms with van der Waals surface area (Å²) in [7, 11) is 0. The summed E-state index contributed by atoms with van der Waals surface area (Å²) in [5, 5.41) is 2.69. The topological polar surface area (TPSA) is 96.0 Å². The molecule has 2 heterocycles. The van der Waals surface area contributed by atoms with Crippen molar-refractivity contribution in [1.82, 2.24) is 4.90 Å². The number of amides is 4. The van der Waals surface area contributed by atoms with Gasteiger partial charge < -0.3 is 15.0 Å². The van der Waals surface area contributed by atoms with E-state index in [1.165, 1.54) is 17.9 Å². The number of carbonyl (C=O) groups excluding carboxylic acids is 4. The van der Waals surface area contributed by atoms with Crippen LogP contribution in [0.25, 0.3) is 0 Å². The lowest BCUT2D eigenvalue weighted by atomic mass is 10.1. The van der Waals surface area contributed by atoms with E-state index in [2.05, 4.69) is 5.32 Å². The lowest BCUT2D eigenvalue weighted by Gasteiger charge is -2.30. The van der Waals surface area contributed by atoms with E-state index < -0.39 is 29.6 Å². The van der Waals surface area contributed by atoms with Crippen LogP contribution >= 0.6 is 0 Å². The van der Waals surface area contributed by atoms with Crippen molar-refractivity contribution >= 4 is 35.0 Å². The molecule has 1 unspecified atom stereocenters. The number of nitrogens with one attached hydrogen (secondary N) is 1. The van der Waals surface area contributed by atoms with E-state index in [1.807, 2.05) is 0 Å². The molecule has 8 nitrogen and oxygen atoms in total. The molecule has 35 heavy (non-hydrogen) atoms. The second-order valence-corrected chi connectivity index (χ2v) is 8.23. The maximum Gasteiger partial charge on any atom is 0.265 e. The monoisotopic (exact) mass is 473 g/mol. The molecular formula is C26H20FN3O5. The van der Waals surface area contributed by atoms with Crippen molar-refractivity contribution in [3.63, 3.8) is 0 Å². The van der Waals surface area contributed by atoms with Crippen LogP contribution in [0.2, 0.25) is 0 Å². The molecule has 1 atom stereocenters. The van der Waals surface area contributed by atoms with Crippen LogP contribution < -0.4 is 15.0 Å². The average molecular weight is 473 g/mol. The van der Waals surface area contributed by atoms with E-state index in [4.69, 9.17) is 4.74 Å². The number of anilines is 2. The Bertz CT molecular complexity index is 1350. The minimum absolute atomic E-state index is 0.00922. The minimum Gasteiger partial charge on any atom is -0.482 e. The van der Waals surface area contributed by atoms with E-state index in [1.54, 1.807) is 60.7 Å². The number of hydrogen-bond donors (Lipinski definition) is 1. The maximum absolute atomic E-state index is 14.2. The van der Waals surface area contributed by atoms with Crippen LogP contribution in [0.15, 0.2) is 66.7 Å². The lowest BCUT2D eigenvalue weighted by molar-refractivity contribution is -0.121. The van der Waals surface area contributed by atoms with Gasteiger partial charge in [0.05, 0.1) is 23.4 Å². The molecule has 1 N–H and O–H groups in total. The van der Waals surface area contributed by atoms with Crippen LogP contribution in [0.5, 0.6) is 5.75 Å². The Balaban J connectivity index is 1.37. The van der Waals surface area contributed by atoms with Crippen LogP contribution in [0.4, 0.5) is 15.8 Å². The average Bonchev–Trinajstić information content (AvgIpc) is 3.11. The van der Waals surface area contributed by atoms with Gasteiger partial charge in [0.1, 0.15) is 17.6 Å². The zero-order valence-electron chi connectivity index (χ0n) is 18.7. The molecular weight excluding hydrogens is 453 g/mol. The largest absolute Gasteiger partial charge is 0.482 e. The Hall–Kier alpha value is -4.53. The quantitative estimate of drug-likeness (QED) is 0.574. The fourth-order valence-electron chi connectivity index (χ4n) is 4.17. The van der Waals surface area contributed by atoms with E-state index in [9.17, 15) is 23.6 Å². The summed E-state index contributed by atoms with van der Waals surface area (Å²) in [5.41, 5.74) is 1.54. The zero-order valence-corrected chi connectivity index (χ0v) is 18.7. The van der Waals surface area contributed by atoms with Crippen molar-refractivity contribution in [3.8, 4) is 5.75 Å². The summed E-state index contributed by atoms with van der Waals surface area (Å²) in [5.74, 6) is -2.03. The van der Waals surface area contributed by atoms with Crippen LogP contribution in [0.1, 0.15) is 33.2 Å². The first-order valence-electron chi connectivity index (χ1n) is 10.9. The molecule has 3 aromatic rings. The minimum atomic E-state index is -1.08. The van der Waals surface area contributed by atoms with Crippen molar-refractivity contribution in [2.24, 2.45) is 0 Å². The SMILES string of the molecule is CC(C(=O)Nc1ccc2c(c1)N(Cc1ccccc1F)C(=O)CO2)N1C(=O)c2ccccc2C1=O. The Morgan fingerprint density at radius 1 is 1.00 bits per heavy atom. The zero-order chi connectivity index (χ0) is 24.7. The molecule has 176 valence electrons. The lowest BCUT2D eigenvalue weighted by Crippen LogP contribution is -2.45. The van der Waals surface area contributed by atoms with Crippen molar-refractivity contribution < 1.29 is 28.3 Å². The van der Waals surface area contributed by atoms with Gasteiger partial charge in [-0.3, -0.25) is 24.1 Å². The first-order valence-corrected chi connectivity index (χ1v) is 10.9. The predicted octanol–water partition coefficient (Wildman–Crippen LogP) is 3.37. The van der Waals surface area contributed by atoms with Gasteiger partial charge in [0, 0.05) is 11.3 Å². The molecule has 0 aromatic heterocycles. The van der Waals surface area contributed by atoms with E-state index >= 15 is 0 Å². The Labute approximate surface area is 199 Å². The highest BCUT2D eigenvalue weighted by Crippen LogP contribution is 2.36. The fourth-order valence-corrected chi connectivity index (χ4v) is 4.17. The standard InChI is InChI=1S/C26H20FN3O5/c1-15(30-25(33)18-7-3-4-8-19(18)26(30)34)24(32)28-17-10-11-22-21(12-17)29(23(31)14-35-22)13-16-6-2-5-9-20(16)27/h2-12,15H,13-14H2,1H3,(H,28,32). The second kappa shape index (κ2) is 8.68. The van der Waals surface area contributed by atoms with Crippen LogP contribution in [0, 0.1) is 5.82 Å². The number of benzene rings is 3. The number of ether oxygens (including phenoxy) is 1. The van der Waals surface area contributed by atoms with Crippen molar-refractivity contribution in [1.29, 1.82) is 0 Å². The molecule has 5 rings (SSSR count). The van der Waals surface area contributed by atoms with Gasteiger partial charge in [-0.1, -0.05) is 30.3 Å². The first-order chi connectivity index (χ1) is 16.8. The number of hydrogen-bond acceptors (Lipinski definition) is 5. The van der Waals surface area contributed by atoms with Crippen LogP contribution in [-0.4, -0.2) is 41.2 Å². The third-order valence-electron chi connectivity index (χ3n) is 6.05. The fraction of sp³-hybridized carbons (Fsp3) is 0.154. The summed E-state index contributed by atoms with van der Waals surface area (Å²) < 4.78 is 19.7. The van der Waals surface area contributed by atoms with Crippen molar-refractivity contribution in [3.05, 3.63) is 89.2 Å². The number of imide groups is 1. The molecule has 3 aromatic carbocycles. The summed E-state index contributed by atoms with van der Waals surface area (Å²) in [6, 6.07) is 16.2. The highest BCUT2D eigenvalue weighted by Gasteiger charge is 2.40. The molecule has 0 fully saturated rings. The van der Waals surface area contributed by atoms with Gasteiger partial charge in [0.15, 0.2) is 6.61 Å². The van der Waals surface area contributed by atoms with Gasteiger partial charge in [0.25, 0.3) is 17.7 Å². The molecule has 9 heteroatoms. The van der Waals surface area contributed by atoms with Crippen molar-refractivity contribution in [2.45, 2.75) is 19.5 Å². The number of nitrogens with zero attached hydrogens (tertiary/aromatic N) is 2. The van der Waals surface area contributed by atoms with E-state index in [-0.39, 0.29) is 30.2 Å². The predicted molar refractivity (Wildman–Crippen MR) is 125 cm³/mol. The normalized spacial score (nSPS) is 15.4. The highest BCUT2D eigenvalue weighted by atomic mass is 19.1. The van der Waals surface area contributed by atoms with Crippen molar-refractivity contribution in [2.75, 3.05) is 16.8 Å². The number of carbonyl (C=O) groups is 4. The summed E-state index contributed by atoms with van der Waals surface area (Å²) in [6.07, 6.45) is 0. The molecule has 0 bridgehead atoms. The summed E-state index contributed by atoms with van der Waals surface area (Å²) in [4.78, 5) is 53.3. The third-order valence-corrected chi connectivity index (χ3v) is 6.05.